The Morgan fingerprint density at radius 3 is 2.07 bits per heavy atom. The summed E-state index contributed by atoms with van der Waals surface area (Å²) in [6.45, 7) is 22.6. The highest BCUT2D eigenvalue weighted by Crippen LogP contribution is 2.22. The minimum Gasteiger partial charge on any atom is -0.465 e. The summed E-state index contributed by atoms with van der Waals surface area (Å²) in [5.41, 5.74) is 2.07. The number of amides is 2. The number of alkyl carbamates (subject to hydrolysis) is 1. The maximum atomic E-state index is 13.7. The van der Waals surface area contributed by atoms with Crippen LogP contribution < -0.4 is 5.32 Å². The van der Waals surface area contributed by atoms with E-state index in [0.717, 1.165) is 43.5 Å². The SMILES string of the molecule is C=C(/C=C(\C)C(=C)/C=C(/NC(=O)OC(C)(C)C)C(=NC)C(=O)N1CCC(OC2CCN(CC(=O)OCC)CC2)CC1)CC. The van der Waals surface area contributed by atoms with Crippen molar-refractivity contribution in [1.29, 1.82) is 0 Å². The fraction of sp³-hybridized carbons (Fsp3) is 0.636. The van der Waals surface area contributed by atoms with Crippen LogP contribution in [0.4, 0.5) is 4.79 Å². The van der Waals surface area contributed by atoms with Crippen molar-refractivity contribution >= 4 is 23.7 Å². The molecule has 240 valence electrons. The van der Waals surface area contributed by atoms with Crippen molar-refractivity contribution < 1.29 is 28.6 Å². The molecule has 2 aliphatic heterocycles. The van der Waals surface area contributed by atoms with Crippen LogP contribution in [0, 0.1) is 0 Å². The van der Waals surface area contributed by atoms with Gasteiger partial charge in [0.25, 0.3) is 5.91 Å². The van der Waals surface area contributed by atoms with Crippen molar-refractivity contribution in [1.82, 2.24) is 15.1 Å². The highest BCUT2D eigenvalue weighted by atomic mass is 16.6. The molecule has 0 bridgehead atoms. The van der Waals surface area contributed by atoms with E-state index in [-0.39, 0.29) is 35.5 Å². The van der Waals surface area contributed by atoms with Gasteiger partial charge in [-0.2, -0.15) is 0 Å². The van der Waals surface area contributed by atoms with Gasteiger partial charge in [0.15, 0.2) is 0 Å². The van der Waals surface area contributed by atoms with E-state index in [9.17, 15) is 14.4 Å². The smallest absolute Gasteiger partial charge is 0.412 e. The zero-order valence-corrected chi connectivity index (χ0v) is 27.3. The van der Waals surface area contributed by atoms with E-state index in [2.05, 4.69) is 28.4 Å². The summed E-state index contributed by atoms with van der Waals surface area (Å²) in [4.78, 5) is 46.4. The lowest BCUT2D eigenvalue weighted by molar-refractivity contribution is -0.145. The van der Waals surface area contributed by atoms with E-state index in [1.165, 1.54) is 7.05 Å². The first-order valence-corrected chi connectivity index (χ1v) is 15.3. The fourth-order valence-electron chi connectivity index (χ4n) is 4.91. The molecule has 0 aromatic heterocycles. The van der Waals surface area contributed by atoms with Gasteiger partial charge in [0, 0.05) is 33.2 Å². The van der Waals surface area contributed by atoms with Crippen molar-refractivity contribution in [2.45, 2.75) is 91.5 Å². The molecular formula is C33H52N4O6. The molecule has 2 rings (SSSR count). The summed E-state index contributed by atoms with van der Waals surface area (Å²) in [6, 6.07) is 0. The fourth-order valence-corrected chi connectivity index (χ4v) is 4.91. The molecule has 2 saturated heterocycles. The molecule has 0 radical (unpaired) electrons. The lowest BCUT2D eigenvalue weighted by Crippen LogP contribution is -2.47. The number of rotatable bonds is 12. The van der Waals surface area contributed by atoms with Crippen LogP contribution in [0.15, 0.2) is 52.7 Å². The third-order valence-corrected chi connectivity index (χ3v) is 7.32. The number of ether oxygens (including phenoxy) is 3. The Labute approximate surface area is 257 Å². The molecule has 2 aliphatic rings. The molecule has 43 heavy (non-hydrogen) atoms. The Kier molecular flexibility index (Phi) is 14.3. The number of esters is 1. The number of carbonyl (C=O) groups is 3. The van der Waals surface area contributed by atoms with Gasteiger partial charge in [0.2, 0.25) is 0 Å². The van der Waals surface area contributed by atoms with Gasteiger partial charge in [-0.15, -0.1) is 0 Å². The first-order chi connectivity index (χ1) is 20.3. The molecule has 0 saturated carbocycles. The van der Waals surface area contributed by atoms with Gasteiger partial charge < -0.3 is 19.1 Å². The van der Waals surface area contributed by atoms with Gasteiger partial charge in [-0.05, 0) is 83.9 Å². The number of hydrogen-bond donors (Lipinski definition) is 1. The third-order valence-electron chi connectivity index (χ3n) is 7.32. The number of aliphatic imine (C=N–C) groups is 1. The van der Waals surface area contributed by atoms with Crippen LogP contribution >= 0.6 is 0 Å². The molecule has 2 amide bonds. The van der Waals surface area contributed by atoms with Crippen LogP contribution in [-0.2, 0) is 23.8 Å². The van der Waals surface area contributed by atoms with Crippen molar-refractivity contribution in [3.8, 4) is 0 Å². The molecule has 1 N–H and O–H groups in total. The molecule has 0 atom stereocenters. The Balaban J connectivity index is 2.05. The van der Waals surface area contributed by atoms with Crippen LogP contribution in [0.3, 0.4) is 0 Å². The minimum absolute atomic E-state index is 0.0572. The topological polar surface area (TPSA) is 110 Å². The van der Waals surface area contributed by atoms with E-state index in [1.54, 1.807) is 31.7 Å². The van der Waals surface area contributed by atoms with Gasteiger partial charge in [-0.25, -0.2) is 4.79 Å². The molecule has 0 aliphatic carbocycles. The zero-order chi connectivity index (χ0) is 32.2. The molecule has 2 heterocycles. The number of hydrogen-bond acceptors (Lipinski definition) is 8. The molecule has 10 heteroatoms. The first-order valence-electron chi connectivity index (χ1n) is 15.3. The Morgan fingerprint density at radius 2 is 1.56 bits per heavy atom. The summed E-state index contributed by atoms with van der Waals surface area (Å²) in [6.07, 6.45) is 7.03. The number of nitrogens with one attached hydrogen (secondary N) is 1. The monoisotopic (exact) mass is 600 g/mol. The van der Waals surface area contributed by atoms with Crippen LogP contribution in [-0.4, -0.2) is 97.7 Å². The summed E-state index contributed by atoms with van der Waals surface area (Å²) in [7, 11) is 1.53. The molecule has 0 spiro atoms. The second kappa shape index (κ2) is 17.2. The number of likely N-dealkylation sites (tertiary alicyclic amines) is 2. The van der Waals surface area contributed by atoms with Gasteiger partial charge in [0.05, 0.1) is 31.1 Å². The van der Waals surface area contributed by atoms with E-state index >= 15 is 0 Å². The molecular weight excluding hydrogens is 548 g/mol. The third kappa shape index (κ3) is 12.5. The molecule has 0 aromatic carbocycles. The number of carbonyl (C=O) groups excluding carboxylic acids is 3. The second-order valence-electron chi connectivity index (χ2n) is 12.0. The second-order valence-corrected chi connectivity index (χ2v) is 12.0. The lowest BCUT2D eigenvalue weighted by atomic mass is 10.0. The van der Waals surface area contributed by atoms with E-state index in [0.29, 0.717) is 44.7 Å². The van der Waals surface area contributed by atoms with Crippen LogP contribution in [0.5, 0.6) is 0 Å². The largest absolute Gasteiger partial charge is 0.465 e. The van der Waals surface area contributed by atoms with E-state index in [1.807, 2.05) is 26.8 Å². The zero-order valence-electron chi connectivity index (χ0n) is 27.3. The summed E-state index contributed by atoms with van der Waals surface area (Å²) < 4.78 is 16.9. The van der Waals surface area contributed by atoms with Gasteiger partial charge in [0.1, 0.15) is 11.3 Å². The van der Waals surface area contributed by atoms with Crippen molar-refractivity contribution in [2.24, 2.45) is 4.99 Å². The summed E-state index contributed by atoms with van der Waals surface area (Å²) >= 11 is 0. The maximum Gasteiger partial charge on any atom is 0.412 e. The van der Waals surface area contributed by atoms with Crippen LogP contribution in [0.1, 0.15) is 73.6 Å². The standard InChI is InChI=1S/C33H52N4O6/c1-10-23(3)20-24(4)25(5)21-28(35-32(40)43-33(6,7)8)30(34-9)31(39)37-18-14-27(15-19-37)42-26-12-16-36(17-13-26)22-29(38)41-11-2/h20-21,26-27H,3,5,10-19,22H2,1-2,4,6-9H3,(H,35,40)/b24-20+,28-21+,34-30?. The van der Waals surface area contributed by atoms with Gasteiger partial charge in [-0.3, -0.25) is 24.8 Å². The van der Waals surface area contributed by atoms with E-state index < -0.39 is 11.7 Å². The van der Waals surface area contributed by atoms with Gasteiger partial charge >= 0.3 is 12.1 Å². The molecule has 0 aromatic rings. The predicted octanol–water partition coefficient (Wildman–Crippen LogP) is 4.97. The Morgan fingerprint density at radius 1 is 0.977 bits per heavy atom. The normalized spacial score (nSPS) is 18.3. The number of allylic oxidation sites excluding steroid dienone is 5. The quantitative estimate of drug-likeness (QED) is 0.191. The van der Waals surface area contributed by atoms with Crippen molar-refractivity contribution in [3.05, 3.63) is 47.7 Å². The van der Waals surface area contributed by atoms with Crippen molar-refractivity contribution in [3.63, 3.8) is 0 Å². The van der Waals surface area contributed by atoms with Gasteiger partial charge in [-0.1, -0.05) is 31.7 Å². The average Bonchev–Trinajstić information content (AvgIpc) is 2.93. The molecule has 0 unspecified atom stereocenters. The summed E-state index contributed by atoms with van der Waals surface area (Å²) in [5, 5.41) is 2.74. The van der Waals surface area contributed by atoms with E-state index in [4.69, 9.17) is 14.2 Å². The van der Waals surface area contributed by atoms with Crippen LogP contribution in [0.2, 0.25) is 0 Å². The molecule has 10 nitrogen and oxygen atoms in total. The maximum absolute atomic E-state index is 13.7. The highest BCUT2D eigenvalue weighted by molar-refractivity contribution is 6.45. The number of nitrogens with zero attached hydrogens (tertiary/aromatic N) is 3. The first kappa shape index (κ1) is 36.0. The average molecular weight is 601 g/mol. The van der Waals surface area contributed by atoms with Crippen molar-refractivity contribution in [2.75, 3.05) is 46.4 Å². The number of piperidine rings is 2. The minimum atomic E-state index is -0.714. The Hall–Kier alpha value is -3.24. The van der Waals surface area contributed by atoms with Crippen LogP contribution in [0.25, 0.3) is 0 Å². The lowest BCUT2D eigenvalue weighted by Gasteiger charge is -2.37. The summed E-state index contributed by atoms with van der Waals surface area (Å²) in [5.74, 6) is -0.463. The highest BCUT2D eigenvalue weighted by Gasteiger charge is 2.31. The molecule has 2 fully saturated rings. The Bertz CT molecular complexity index is 1100. The predicted molar refractivity (Wildman–Crippen MR) is 170 cm³/mol.